The molecule has 150 valence electrons. The highest BCUT2D eigenvalue weighted by molar-refractivity contribution is 6.42. The maximum Gasteiger partial charge on any atom is 0.416 e. The van der Waals surface area contributed by atoms with Gasteiger partial charge in [-0.05, 0) is 55.3 Å². The monoisotopic (exact) mass is 430 g/mol. The molecule has 3 nitrogen and oxygen atoms in total. The predicted octanol–water partition coefficient (Wildman–Crippen LogP) is 5.86. The average molecular weight is 431 g/mol. The van der Waals surface area contributed by atoms with Gasteiger partial charge in [0.05, 0.1) is 21.5 Å². The van der Waals surface area contributed by atoms with E-state index < -0.39 is 11.7 Å². The molecule has 3 rings (SSSR count). The molecular weight excluding hydrogens is 412 g/mol. The predicted molar refractivity (Wildman–Crippen MR) is 105 cm³/mol. The SMILES string of the molecule is O=C(Nc1cccc(C(F)(F)F)c1)C1CCCN(Cc2ccc(Cl)c(Cl)c2)C1. The van der Waals surface area contributed by atoms with Crippen LogP contribution in [0.2, 0.25) is 10.0 Å². The lowest BCUT2D eigenvalue weighted by molar-refractivity contribution is -0.137. The summed E-state index contributed by atoms with van der Waals surface area (Å²) in [5.74, 6) is -0.552. The van der Waals surface area contributed by atoms with Gasteiger partial charge in [-0.1, -0.05) is 35.3 Å². The summed E-state index contributed by atoms with van der Waals surface area (Å²) in [6.45, 7) is 2.00. The smallest absolute Gasteiger partial charge is 0.326 e. The number of likely N-dealkylation sites (tertiary alicyclic amines) is 1. The van der Waals surface area contributed by atoms with E-state index in [1.54, 1.807) is 12.1 Å². The van der Waals surface area contributed by atoms with Gasteiger partial charge in [0, 0.05) is 18.8 Å². The topological polar surface area (TPSA) is 32.3 Å². The third-order valence-corrected chi connectivity index (χ3v) is 5.46. The van der Waals surface area contributed by atoms with Gasteiger partial charge in [0.15, 0.2) is 0 Å². The Kier molecular flexibility index (Phi) is 6.53. The van der Waals surface area contributed by atoms with Crippen molar-refractivity contribution in [1.29, 1.82) is 0 Å². The molecule has 1 amide bonds. The first-order valence-corrected chi connectivity index (χ1v) is 9.62. The van der Waals surface area contributed by atoms with Crippen LogP contribution < -0.4 is 5.32 Å². The molecule has 0 bridgehead atoms. The highest BCUT2D eigenvalue weighted by Crippen LogP contribution is 2.31. The minimum atomic E-state index is -4.44. The molecule has 0 aliphatic carbocycles. The molecule has 0 aromatic heterocycles. The van der Waals surface area contributed by atoms with Crippen LogP contribution in [0, 0.1) is 5.92 Å². The molecule has 1 saturated heterocycles. The molecule has 1 heterocycles. The van der Waals surface area contributed by atoms with Crippen molar-refractivity contribution in [1.82, 2.24) is 4.90 Å². The van der Waals surface area contributed by atoms with Gasteiger partial charge in [-0.2, -0.15) is 13.2 Å². The summed E-state index contributed by atoms with van der Waals surface area (Å²) in [6, 6.07) is 10.1. The molecule has 2 aromatic rings. The summed E-state index contributed by atoms with van der Waals surface area (Å²) in [7, 11) is 0. The number of hydrogen-bond donors (Lipinski definition) is 1. The van der Waals surface area contributed by atoms with Crippen LogP contribution in [0.25, 0.3) is 0 Å². The van der Waals surface area contributed by atoms with Crippen molar-refractivity contribution in [2.45, 2.75) is 25.6 Å². The van der Waals surface area contributed by atoms with E-state index in [1.165, 1.54) is 12.1 Å². The second-order valence-electron chi connectivity index (χ2n) is 6.89. The van der Waals surface area contributed by atoms with Crippen LogP contribution >= 0.6 is 23.2 Å². The Morgan fingerprint density at radius 2 is 1.93 bits per heavy atom. The van der Waals surface area contributed by atoms with Crippen molar-refractivity contribution in [2.24, 2.45) is 5.92 Å². The van der Waals surface area contributed by atoms with E-state index in [1.807, 2.05) is 6.07 Å². The number of carbonyl (C=O) groups excluding carboxylic acids is 1. The molecule has 1 N–H and O–H groups in total. The number of nitrogens with one attached hydrogen (secondary N) is 1. The molecule has 1 fully saturated rings. The van der Waals surface area contributed by atoms with Gasteiger partial charge in [-0.3, -0.25) is 9.69 Å². The summed E-state index contributed by atoms with van der Waals surface area (Å²) in [5, 5.41) is 3.59. The maximum atomic E-state index is 12.8. The molecule has 1 aliphatic rings. The summed E-state index contributed by atoms with van der Waals surface area (Å²) in [5.41, 5.74) is 0.366. The molecule has 8 heteroatoms. The minimum Gasteiger partial charge on any atom is -0.326 e. The Bertz CT molecular complexity index is 858. The zero-order chi connectivity index (χ0) is 20.3. The van der Waals surface area contributed by atoms with Gasteiger partial charge in [0.2, 0.25) is 5.91 Å². The summed E-state index contributed by atoms with van der Waals surface area (Å²) in [6.07, 6.45) is -2.91. The van der Waals surface area contributed by atoms with E-state index in [0.29, 0.717) is 29.6 Å². The number of halogens is 5. The molecule has 1 unspecified atom stereocenters. The van der Waals surface area contributed by atoms with Crippen molar-refractivity contribution in [2.75, 3.05) is 18.4 Å². The lowest BCUT2D eigenvalue weighted by Crippen LogP contribution is -2.40. The van der Waals surface area contributed by atoms with Crippen LogP contribution in [0.5, 0.6) is 0 Å². The normalized spacial score (nSPS) is 18.1. The molecule has 0 spiro atoms. The van der Waals surface area contributed by atoms with Crippen LogP contribution in [-0.4, -0.2) is 23.9 Å². The first-order chi connectivity index (χ1) is 13.2. The number of piperidine rings is 1. The highest BCUT2D eigenvalue weighted by atomic mass is 35.5. The number of anilines is 1. The van der Waals surface area contributed by atoms with Gasteiger partial charge >= 0.3 is 6.18 Å². The third-order valence-electron chi connectivity index (χ3n) is 4.72. The van der Waals surface area contributed by atoms with Crippen LogP contribution in [0.4, 0.5) is 18.9 Å². The number of benzene rings is 2. The lowest BCUT2D eigenvalue weighted by Gasteiger charge is -2.32. The number of amides is 1. The molecule has 28 heavy (non-hydrogen) atoms. The van der Waals surface area contributed by atoms with Gasteiger partial charge in [0.25, 0.3) is 0 Å². The quantitative estimate of drug-likeness (QED) is 0.658. The Morgan fingerprint density at radius 3 is 2.64 bits per heavy atom. The van der Waals surface area contributed by atoms with E-state index in [0.717, 1.165) is 30.7 Å². The second kappa shape index (κ2) is 8.72. The van der Waals surface area contributed by atoms with Crippen LogP contribution in [-0.2, 0) is 17.5 Å². The molecule has 2 aromatic carbocycles. The van der Waals surface area contributed by atoms with Gasteiger partial charge in [0.1, 0.15) is 0 Å². The number of alkyl halides is 3. The Balaban J connectivity index is 1.62. The highest BCUT2D eigenvalue weighted by Gasteiger charge is 2.31. The molecule has 0 saturated carbocycles. The van der Waals surface area contributed by atoms with E-state index in [9.17, 15) is 18.0 Å². The van der Waals surface area contributed by atoms with E-state index >= 15 is 0 Å². The van der Waals surface area contributed by atoms with Gasteiger partial charge in [-0.25, -0.2) is 0 Å². The van der Waals surface area contributed by atoms with Crippen molar-refractivity contribution in [3.8, 4) is 0 Å². The first kappa shape index (κ1) is 21.0. The second-order valence-corrected chi connectivity index (χ2v) is 7.70. The fraction of sp³-hybridized carbons (Fsp3) is 0.350. The lowest BCUT2D eigenvalue weighted by atomic mass is 9.96. The van der Waals surface area contributed by atoms with Crippen molar-refractivity contribution in [3.05, 3.63) is 63.6 Å². The first-order valence-electron chi connectivity index (χ1n) is 8.87. The zero-order valence-corrected chi connectivity index (χ0v) is 16.4. The summed E-state index contributed by atoms with van der Waals surface area (Å²) in [4.78, 5) is 14.7. The molecule has 1 aliphatic heterocycles. The summed E-state index contributed by atoms with van der Waals surface area (Å²) >= 11 is 12.0. The van der Waals surface area contributed by atoms with Crippen molar-refractivity contribution < 1.29 is 18.0 Å². The third kappa shape index (κ3) is 5.40. The van der Waals surface area contributed by atoms with Crippen molar-refractivity contribution in [3.63, 3.8) is 0 Å². The van der Waals surface area contributed by atoms with Gasteiger partial charge in [-0.15, -0.1) is 0 Å². The molecule has 0 radical (unpaired) electrons. The average Bonchev–Trinajstić information content (AvgIpc) is 2.64. The Labute approximate surface area is 171 Å². The Morgan fingerprint density at radius 1 is 1.14 bits per heavy atom. The fourth-order valence-electron chi connectivity index (χ4n) is 3.33. The minimum absolute atomic E-state index is 0.154. The fourth-order valence-corrected chi connectivity index (χ4v) is 3.65. The maximum absolute atomic E-state index is 12.8. The van der Waals surface area contributed by atoms with E-state index in [2.05, 4.69) is 10.2 Å². The number of carbonyl (C=O) groups is 1. The molecule has 1 atom stereocenters. The van der Waals surface area contributed by atoms with Crippen LogP contribution in [0.3, 0.4) is 0 Å². The van der Waals surface area contributed by atoms with Gasteiger partial charge < -0.3 is 5.32 Å². The van der Waals surface area contributed by atoms with E-state index in [4.69, 9.17) is 23.2 Å². The molecular formula is C20H19Cl2F3N2O. The van der Waals surface area contributed by atoms with Crippen molar-refractivity contribution >= 4 is 34.8 Å². The van der Waals surface area contributed by atoms with E-state index in [-0.39, 0.29) is 17.5 Å². The van der Waals surface area contributed by atoms with Crippen LogP contribution in [0.15, 0.2) is 42.5 Å². The Hall–Kier alpha value is -1.76. The standard InChI is InChI=1S/C20H19Cl2F3N2O/c21-17-7-6-13(9-18(17)22)11-27-8-2-3-14(12-27)19(28)26-16-5-1-4-15(10-16)20(23,24)25/h1,4-7,9-10,14H,2-3,8,11-12H2,(H,26,28). The summed E-state index contributed by atoms with van der Waals surface area (Å²) < 4.78 is 38.5. The number of nitrogens with zero attached hydrogens (tertiary/aromatic N) is 1. The largest absolute Gasteiger partial charge is 0.416 e. The van der Waals surface area contributed by atoms with Crippen LogP contribution in [0.1, 0.15) is 24.0 Å². The number of rotatable bonds is 4. The number of hydrogen-bond acceptors (Lipinski definition) is 2. The zero-order valence-electron chi connectivity index (χ0n) is 14.9.